The van der Waals surface area contributed by atoms with Crippen LogP contribution < -0.4 is 26.6 Å². The monoisotopic (exact) mass is 1000 g/mol. The van der Waals surface area contributed by atoms with Crippen LogP contribution in [0.25, 0.3) is 0 Å². The Morgan fingerprint density at radius 2 is 1.45 bits per heavy atom. The number of hydrogen-bond acceptors (Lipinski definition) is 13. The Balaban J connectivity index is 2.15. The summed E-state index contributed by atoms with van der Waals surface area (Å²) in [5.41, 5.74) is 0.816. The molecular formula is C52H87N7O12. The summed E-state index contributed by atoms with van der Waals surface area (Å²) < 4.78 is 22.2. The Labute approximate surface area is 422 Å². The number of carbonyl (C=O) groups excluding carboxylic acids is 8. The first-order chi connectivity index (χ1) is 33.7. The summed E-state index contributed by atoms with van der Waals surface area (Å²) in [6, 6.07) is 5.08. The molecule has 0 saturated carbocycles. The minimum Gasteiger partial charge on any atom is -0.466 e. The van der Waals surface area contributed by atoms with E-state index in [4.69, 9.17) is 18.9 Å². The van der Waals surface area contributed by atoms with Crippen molar-refractivity contribution in [1.29, 1.82) is 0 Å². The lowest BCUT2D eigenvalue weighted by Crippen LogP contribution is -2.59. The smallest absolute Gasteiger partial charge is 0.328 e. The molecular weight excluding hydrogens is 915 g/mol. The summed E-state index contributed by atoms with van der Waals surface area (Å²) in [4.78, 5) is 110. The fraction of sp³-hybridized carbons (Fsp3) is 0.731. The zero-order valence-electron chi connectivity index (χ0n) is 44.8. The largest absolute Gasteiger partial charge is 0.466 e. The van der Waals surface area contributed by atoms with Gasteiger partial charge in [-0.1, -0.05) is 85.2 Å². The van der Waals surface area contributed by atoms with Crippen molar-refractivity contribution >= 4 is 47.4 Å². The third-order valence-electron chi connectivity index (χ3n) is 13.4. The van der Waals surface area contributed by atoms with E-state index in [0.29, 0.717) is 25.8 Å². The summed E-state index contributed by atoms with van der Waals surface area (Å²) in [6.45, 7) is 17.4. The standard InChI is InChI=1S/C52H87N7O12/c1-14-34(7)46(58(11)51(66)45(33(5)6)57-50(65)44(53-10)32(3)4)40(68-12)31-42(61)59-28-20-24-39(59)47(69-13)35(8)48(63)56-38(30-37-22-17-16-18-23-37)49(64)54-27-21-29-71-52(67)36(9)55-41(60)25-19-26-43(62)70-15-2/h16-18,22-23,32-36,38-40,44-47,53H,14-15,19-21,24-31H2,1-13H3,(H,54,64)(H,55,60)(H,56,63)(H,57,65)/t34-,35+,36-,38-,39-,40+,44-,45-,46-,47+/m0/s1. The number of likely N-dealkylation sites (N-methyl/N-ethyl adjacent to an activating group) is 2. The van der Waals surface area contributed by atoms with E-state index in [2.05, 4.69) is 26.6 Å². The Morgan fingerprint density at radius 3 is 2.03 bits per heavy atom. The molecule has 1 fully saturated rings. The highest BCUT2D eigenvalue weighted by molar-refractivity contribution is 5.91. The first-order valence-electron chi connectivity index (χ1n) is 25.5. The molecule has 1 saturated heterocycles. The Bertz CT molecular complexity index is 1850. The highest BCUT2D eigenvalue weighted by atomic mass is 16.5. The molecule has 1 aromatic carbocycles. The van der Waals surface area contributed by atoms with Crippen molar-refractivity contribution in [3.05, 3.63) is 35.9 Å². The Kier molecular flexibility index (Phi) is 28.0. The van der Waals surface area contributed by atoms with Gasteiger partial charge in [0.05, 0.1) is 55.9 Å². The average molecular weight is 1000 g/mol. The molecule has 0 unspecified atom stereocenters. The summed E-state index contributed by atoms with van der Waals surface area (Å²) in [6.07, 6.45) is 1.36. The van der Waals surface area contributed by atoms with Crippen LogP contribution in [0, 0.1) is 23.7 Å². The predicted octanol–water partition coefficient (Wildman–Crippen LogP) is 3.31. The van der Waals surface area contributed by atoms with E-state index in [0.717, 1.165) is 5.56 Å². The summed E-state index contributed by atoms with van der Waals surface area (Å²) in [7, 11) is 6.44. The third kappa shape index (κ3) is 19.8. The number of nitrogens with zero attached hydrogens (tertiary/aromatic N) is 2. The van der Waals surface area contributed by atoms with E-state index >= 15 is 0 Å². The number of nitrogens with one attached hydrogen (secondary N) is 5. The van der Waals surface area contributed by atoms with Gasteiger partial charge >= 0.3 is 11.9 Å². The second kappa shape index (κ2) is 32.0. The van der Waals surface area contributed by atoms with Gasteiger partial charge in [0.15, 0.2) is 0 Å². The molecule has 10 atom stereocenters. The maximum atomic E-state index is 14.4. The van der Waals surface area contributed by atoms with Gasteiger partial charge in [-0.3, -0.25) is 33.6 Å². The minimum atomic E-state index is -0.976. The van der Waals surface area contributed by atoms with Crippen LogP contribution in [0.1, 0.15) is 119 Å². The van der Waals surface area contributed by atoms with Crippen molar-refractivity contribution in [2.75, 3.05) is 54.6 Å². The van der Waals surface area contributed by atoms with E-state index < -0.39 is 84.0 Å². The van der Waals surface area contributed by atoms with Crippen LogP contribution in [0.2, 0.25) is 0 Å². The van der Waals surface area contributed by atoms with E-state index in [1.807, 2.05) is 71.9 Å². The lowest BCUT2D eigenvalue weighted by atomic mass is 9.89. The number of likely N-dealkylation sites (tertiary alicyclic amines) is 1. The van der Waals surface area contributed by atoms with Gasteiger partial charge in [0, 0.05) is 53.6 Å². The summed E-state index contributed by atoms with van der Waals surface area (Å²) in [5, 5.41) is 14.4. The first kappa shape index (κ1) is 62.0. The van der Waals surface area contributed by atoms with E-state index in [1.165, 1.54) is 21.1 Å². The van der Waals surface area contributed by atoms with Crippen LogP contribution in [-0.2, 0) is 63.7 Å². The van der Waals surface area contributed by atoms with Crippen LogP contribution in [0.15, 0.2) is 30.3 Å². The molecule has 19 nitrogen and oxygen atoms in total. The molecule has 71 heavy (non-hydrogen) atoms. The van der Waals surface area contributed by atoms with Crippen molar-refractivity contribution in [2.45, 2.75) is 169 Å². The molecule has 402 valence electrons. The van der Waals surface area contributed by atoms with Crippen molar-refractivity contribution in [2.24, 2.45) is 23.7 Å². The number of esters is 2. The Hall–Kier alpha value is -5.14. The van der Waals surface area contributed by atoms with Crippen LogP contribution >= 0.6 is 0 Å². The van der Waals surface area contributed by atoms with Crippen molar-refractivity contribution in [3.63, 3.8) is 0 Å². The molecule has 1 aromatic rings. The number of methoxy groups -OCH3 is 2. The fourth-order valence-electron chi connectivity index (χ4n) is 9.12. The SMILES string of the molecule is CCOC(=O)CCCC(=O)N[C@@H](C)C(=O)OCCCNC(=O)[C@H](Cc1ccccc1)NC(=O)[C@H](C)[C@@H](OC)[C@@H]1CCCN1C(=O)C[C@@H](OC)[C@H]([C@@H](C)CC)N(C)C(=O)[C@@H](NC(=O)[C@@H](NC)C(C)C)C(C)C. The molecule has 0 aromatic heterocycles. The van der Waals surface area contributed by atoms with Crippen molar-refractivity contribution in [1.82, 2.24) is 36.4 Å². The van der Waals surface area contributed by atoms with Crippen LogP contribution in [-0.4, -0.2) is 160 Å². The lowest BCUT2D eigenvalue weighted by molar-refractivity contribution is -0.148. The van der Waals surface area contributed by atoms with E-state index in [1.54, 1.807) is 37.7 Å². The van der Waals surface area contributed by atoms with Crippen molar-refractivity contribution in [3.8, 4) is 0 Å². The maximum absolute atomic E-state index is 14.4. The highest BCUT2D eigenvalue weighted by Crippen LogP contribution is 2.30. The van der Waals surface area contributed by atoms with Crippen LogP contribution in [0.5, 0.6) is 0 Å². The fourth-order valence-corrected chi connectivity index (χ4v) is 9.12. The predicted molar refractivity (Wildman–Crippen MR) is 269 cm³/mol. The van der Waals surface area contributed by atoms with Crippen molar-refractivity contribution < 1.29 is 57.3 Å². The third-order valence-corrected chi connectivity index (χ3v) is 13.4. The van der Waals surface area contributed by atoms with E-state index in [9.17, 15) is 38.4 Å². The number of rotatable bonds is 32. The molecule has 0 spiro atoms. The number of hydrogen-bond donors (Lipinski definition) is 5. The van der Waals surface area contributed by atoms with Gasteiger partial charge < -0.3 is 55.3 Å². The van der Waals surface area contributed by atoms with Gasteiger partial charge in [-0.2, -0.15) is 0 Å². The van der Waals surface area contributed by atoms with Gasteiger partial charge in [0.2, 0.25) is 35.4 Å². The van der Waals surface area contributed by atoms with Gasteiger partial charge in [0.1, 0.15) is 18.1 Å². The number of carbonyl (C=O) groups is 8. The minimum absolute atomic E-state index is 0.00195. The topological polar surface area (TPSA) is 240 Å². The normalized spacial score (nSPS) is 17.4. The number of ether oxygens (including phenoxy) is 4. The first-order valence-corrected chi connectivity index (χ1v) is 25.5. The van der Waals surface area contributed by atoms with Crippen LogP contribution in [0.4, 0.5) is 0 Å². The van der Waals surface area contributed by atoms with Gasteiger partial charge in [-0.05, 0) is 69.9 Å². The van der Waals surface area contributed by atoms with Crippen LogP contribution in [0.3, 0.4) is 0 Å². The highest BCUT2D eigenvalue weighted by Gasteiger charge is 2.43. The van der Waals surface area contributed by atoms with Gasteiger partial charge in [-0.15, -0.1) is 0 Å². The van der Waals surface area contributed by atoms with Gasteiger partial charge in [0.25, 0.3) is 0 Å². The summed E-state index contributed by atoms with van der Waals surface area (Å²) >= 11 is 0. The lowest BCUT2D eigenvalue weighted by Gasteiger charge is -2.41. The zero-order chi connectivity index (χ0) is 53.4. The molecule has 2 rings (SSSR count). The number of amides is 6. The maximum Gasteiger partial charge on any atom is 0.328 e. The molecule has 1 aliphatic heterocycles. The second-order valence-corrected chi connectivity index (χ2v) is 19.3. The molecule has 0 aliphatic carbocycles. The Morgan fingerprint density at radius 1 is 0.789 bits per heavy atom. The molecule has 0 bridgehead atoms. The summed E-state index contributed by atoms with van der Waals surface area (Å²) in [5.74, 6) is -4.16. The molecule has 19 heteroatoms. The molecule has 0 radical (unpaired) electrons. The quantitative estimate of drug-likeness (QED) is 0.0515. The molecule has 6 amide bonds. The zero-order valence-corrected chi connectivity index (χ0v) is 44.8. The number of benzene rings is 1. The van der Waals surface area contributed by atoms with E-state index in [-0.39, 0.29) is 93.8 Å². The molecule has 1 aliphatic rings. The van der Waals surface area contributed by atoms with Gasteiger partial charge in [-0.25, -0.2) is 4.79 Å². The molecule has 1 heterocycles. The molecule has 5 N–H and O–H groups in total. The second-order valence-electron chi connectivity index (χ2n) is 19.3. The average Bonchev–Trinajstić information content (AvgIpc) is 3.82.